The fourth-order valence-electron chi connectivity index (χ4n) is 5.04. The van der Waals surface area contributed by atoms with Crippen LogP contribution in [0.1, 0.15) is 37.3 Å². The summed E-state index contributed by atoms with van der Waals surface area (Å²) in [5.74, 6) is 0.209. The minimum absolute atomic E-state index is 0. The van der Waals surface area contributed by atoms with Crippen molar-refractivity contribution in [2.45, 2.75) is 50.8 Å². The van der Waals surface area contributed by atoms with Gasteiger partial charge in [-0.25, -0.2) is 13.8 Å². The minimum atomic E-state index is -2.47. The van der Waals surface area contributed by atoms with E-state index in [-0.39, 0.29) is 30.5 Å². The second-order valence-electron chi connectivity index (χ2n) is 9.34. The number of alkyl halides is 2. The van der Waals surface area contributed by atoms with Crippen LogP contribution in [-0.4, -0.2) is 69.8 Å². The molecule has 0 unspecified atom stereocenters. The highest BCUT2D eigenvalue weighted by Gasteiger charge is 2.24. The second kappa shape index (κ2) is 11.6. The maximum atomic E-state index is 12.7. The SMILES string of the molecule is Cl.OC1CCC(n2cc(-c3ccc(CN4CCNCC4)cc3)c3cnc(NCC(F)F)nc32)CC1. The topological polar surface area (TPSA) is 78.2 Å². The predicted molar refractivity (Wildman–Crippen MR) is 136 cm³/mol. The molecule has 190 valence electrons. The van der Waals surface area contributed by atoms with Crippen LogP contribution in [0.4, 0.5) is 14.7 Å². The molecule has 2 aromatic heterocycles. The van der Waals surface area contributed by atoms with Gasteiger partial charge in [0.2, 0.25) is 5.95 Å². The number of fused-ring (bicyclic) bond motifs is 1. The molecule has 2 fully saturated rings. The molecule has 0 amide bonds. The zero-order valence-electron chi connectivity index (χ0n) is 19.7. The van der Waals surface area contributed by atoms with Gasteiger partial charge in [0.15, 0.2) is 0 Å². The average Bonchev–Trinajstić information content (AvgIpc) is 3.23. The molecule has 3 N–H and O–H groups in total. The van der Waals surface area contributed by atoms with Crippen molar-refractivity contribution in [2.24, 2.45) is 0 Å². The standard InChI is InChI=1S/C25H32F2N6O.ClH/c26-23(27)14-30-25-29-13-21-22(16-33(24(21)31-25)19-5-7-20(34)8-6-19)18-3-1-17(2-4-18)15-32-11-9-28-10-12-32;/h1-4,13,16,19-20,23,28,34H,5-12,14-15H2,(H,29,30,31);1H. The Labute approximate surface area is 210 Å². The van der Waals surface area contributed by atoms with E-state index in [0.29, 0.717) is 0 Å². The van der Waals surface area contributed by atoms with Crippen molar-refractivity contribution in [1.29, 1.82) is 0 Å². The fourth-order valence-corrected chi connectivity index (χ4v) is 5.04. The zero-order valence-corrected chi connectivity index (χ0v) is 20.5. The first-order valence-corrected chi connectivity index (χ1v) is 12.2. The lowest BCUT2D eigenvalue weighted by atomic mass is 9.93. The van der Waals surface area contributed by atoms with Gasteiger partial charge < -0.3 is 20.3 Å². The van der Waals surface area contributed by atoms with Crippen molar-refractivity contribution in [3.05, 3.63) is 42.2 Å². The van der Waals surface area contributed by atoms with Crippen LogP contribution in [0.3, 0.4) is 0 Å². The molecular formula is C25H33ClF2N6O. The highest BCUT2D eigenvalue weighted by atomic mass is 35.5. The Hall–Kier alpha value is -2.33. The molecule has 0 bridgehead atoms. The summed E-state index contributed by atoms with van der Waals surface area (Å²) in [5.41, 5.74) is 4.15. The van der Waals surface area contributed by atoms with Crippen molar-refractivity contribution in [3.8, 4) is 11.1 Å². The van der Waals surface area contributed by atoms with E-state index in [9.17, 15) is 13.9 Å². The number of hydrogen-bond donors (Lipinski definition) is 3. The molecule has 1 saturated carbocycles. The van der Waals surface area contributed by atoms with E-state index in [0.717, 1.165) is 80.6 Å². The van der Waals surface area contributed by atoms with E-state index in [1.165, 1.54) is 5.56 Å². The monoisotopic (exact) mass is 506 g/mol. The van der Waals surface area contributed by atoms with Crippen LogP contribution in [-0.2, 0) is 6.54 Å². The van der Waals surface area contributed by atoms with Gasteiger partial charge in [0.25, 0.3) is 6.43 Å². The van der Waals surface area contributed by atoms with Crippen LogP contribution in [0.15, 0.2) is 36.7 Å². The van der Waals surface area contributed by atoms with Crippen molar-refractivity contribution in [2.75, 3.05) is 38.0 Å². The molecule has 1 aliphatic heterocycles. The van der Waals surface area contributed by atoms with Gasteiger partial charge in [-0.2, -0.15) is 4.98 Å². The van der Waals surface area contributed by atoms with Crippen LogP contribution in [0.5, 0.6) is 0 Å². The third kappa shape index (κ3) is 6.09. The first-order valence-electron chi connectivity index (χ1n) is 12.2. The number of aliphatic hydroxyl groups is 1. The summed E-state index contributed by atoms with van der Waals surface area (Å²) >= 11 is 0. The van der Waals surface area contributed by atoms with Gasteiger partial charge in [-0.1, -0.05) is 24.3 Å². The van der Waals surface area contributed by atoms with E-state index < -0.39 is 13.0 Å². The molecule has 0 spiro atoms. The molecule has 3 aromatic rings. The predicted octanol–water partition coefficient (Wildman–Crippen LogP) is 4.08. The third-order valence-corrected chi connectivity index (χ3v) is 6.93. The summed E-state index contributed by atoms with van der Waals surface area (Å²) in [5, 5.41) is 16.9. The summed E-state index contributed by atoms with van der Waals surface area (Å²) < 4.78 is 27.5. The van der Waals surface area contributed by atoms with Crippen LogP contribution < -0.4 is 10.6 Å². The van der Waals surface area contributed by atoms with Crippen LogP contribution >= 0.6 is 12.4 Å². The Bertz CT molecular complexity index is 1100. The van der Waals surface area contributed by atoms with E-state index in [2.05, 4.69) is 60.5 Å². The number of aliphatic hydroxyl groups excluding tert-OH is 1. The number of nitrogens with zero attached hydrogens (tertiary/aromatic N) is 4. The number of anilines is 1. The van der Waals surface area contributed by atoms with Gasteiger partial charge in [0.05, 0.1) is 12.6 Å². The molecule has 1 aromatic carbocycles. The van der Waals surface area contributed by atoms with Gasteiger partial charge in [0, 0.05) is 62.1 Å². The number of piperazine rings is 1. The Morgan fingerprint density at radius 2 is 1.80 bits per heavy atom. The summed E-state index contributed by atoms with van der Waals surface area (Å²) in [6, 6.07) is 8.85. The van der Waals surface area contributed by atoms with Crippen molar-refractivity contribution < 1.29 is 13.9 Å². The minimum Gasteiger partial charge on any atom is -0.393 e. The molecular weight excluding hydrogens is 474 g/mol. The first-order chi connectivity index (χ1) is 16.6. The number of hydrogen-bond acceptors (Lipinski definition) is 6. The van der Waals surface area contributed by atoms with E-state index >= 15 is 0 Å². The second-order valence-corrected chi connectivity index (χ2v) is 9.34. The molecule has 7 nitrogen and oxygen atoms in total. The maximum absolute atomic E-state index is 12.7. The summed E-state index contributed by atoms with van der Waals surface area (Å²) in [6.45, 7) is 4.64. The van der Waals surface area contributed by atoms with Crippen molar-refractivity contribution in [3.63, 3.8) is 0 Å². The molecule has 35 heavy (non-hydrogen) atoms. The number of rotatable bonds is 7. The number of benzene rings is 1. The third-order valence-electron chi connectivity index (χ3n) is 6.93. The van der Waals surface area contributed by atoms with Crippen molar-refractivity contribution in [1.82, 2.24) is 24.8 Å². The molecule has 1 saturated heterocycles. The number of aromatic nitrogens is 3. The quantitative estimate of drug-likeness (QED) is 0.448. The van der Waals surface area contributed by atoms with Crippen LogP contribution in [0.2, 0.25) is 0 Å². The smallest absolute Gasteiger partial charge is 0.255 e. The average molecular weight is 507 g/mol. The fraction of sp³-hybridized carbons (Fsp3) is 0.520. The normalized spacial score (nSPS) is 21.3. The van der Waals surface area contributed by atoms with Gasteiger partial charge in [-0.3, -0.25) is 4.90 Å². The summed E-state index contributed by atoms with van der Waals surface area (Å²) in [7, 11) is 0. The van der Waals surface area contributed by atoms with Crippen LogP contribution in [0.25, 0.3) is 22.2 Å². The van der Waals surface area contributed by atoms with Gasteiger partial charge in [-0.15, -0.1) is 12.4 Å². The number of halogens is 3. The largest absolute Gasteiger partial charge is 0.393 e. The Morgan fingerprint density at radius 3 is 2.49 bits per heavy atom. The highest BCUT2D eigenvalue weighted by molar-refractivity contribution is 5.94. The van der Waals surface area contributed by atoms with Gasteiger partial charge >= 0.3 is 0 Å². The molecule has 1 aliphatic carbocycles. The van der Waals surface area contributed by atoms with Gasteiger partial charge in [-0.05, 0) is 36.8 Å². The van der Waals surface area contributed by atoms with E-state index in [1.807, 2.05) is 0 Å². The highest BCUT2D eigenvalue weighted by Crippen LogP contribution is 2.36. The lowest BCUT2D eigenvalue weighted by molar-refractivity contribution is 0.111. The molecule has 10 heteroatoms. The maximum Gasteiger partial charge on any atom is 0.255 e. The Balaban J connectivity index is 0.00000289. The molecule has 5 rings (SSSR count). The van der Waals surface area contributed by atoms with Gasteiger partial charge in [0.1, 0.15) is 5.65 Å². The first kappa shape index (κ1) is 25.8. The molecule has 3 heterocycles. The summed E-state index contributed by atoms with van der Waals surface area (Å²) in [4.78, 5) is 11.4. The zero-order chi connectivity index (χ0) is 23.5. The van der Waals surface area contributed by atoms with E-state index in [4.69, 9.17) is 0 Å². The summed E-state index contributed by atoms with van der Waals surface area (Å²) in [6.07, 6.45) is 4.34. The Morgan fingerprint density at radius 1 is 1.09 bits per heavy atom. The lowest BCUT2D eigenvalue weighted by Crippen LogP contribution is -2.42. The van der Waals surface area contributed by atoms with Crippen LogP contribution in [0, 0.1) is 0 Å². The van der Waals surface area contributed by atoms with E-state index in [1.54, 1.807) is 6.20 Å². The Kier molecular flexibility index (Phi) is 8.54. The molecule has 0 radical (unpaired) electrons. The number of nitrogens with one attached hydrogen (secondary N) is 2. The van der Waals surface area contributed by atoms with Crippen molar-refractivity contribution >= 4 is 29.4 Å². The molecule has 0 atom stereocenters. The molecule has 2 aliphatic rings. The lowest BCUT2D eigenvalue weighted by Gasteiger charge is -2.27.